The van der Waals surface area contributed by atoms with Crippen LogP contribution in [0.3, 0.4) is 0 Å². The fourth-order valence-electron chi connectivity index (χ4n) is 5.02. The highest BCUT2D eigenvalue weighted by atomic mass is 31.2. The first-order valence-corrected chi connectivity index (χ1v) is 21.8. The number of phosphoric ester groups is 1. The Labute approximate surface area is 326 Å². The number of phosphoric acid groups is 1. The Bertz CT molecular complexity index is 1090. The standard InChI is InChI=1S/C42H73O11P/c1-2-3-4-5-6-7-8-14-17-20-23-26-29-32-41(46)50-37-40(38-52-54(48,49)51-36-39(45)35-44)53-42(47)33-30-27-24-21-18-15-12-10-9-11-13-16-19-22-25-28-31-34-43/h7-9,11-12,15-16,19,21,24,39-40,43-45H,2-6,10,13-14,17-18,20,22-23,25-38H2,1H3,(H,48,49)/b8-7-,11-9-,15-12-,19-16-,24-21-/t39-,40+/m0/s1. The van der Waals surface area contributed by atoms with Crippen LogP contribution in [-0.4, -0.2) is 77.4 Å². The maximum absolute atomic E-state index is 12.6. The molecule has 1 unspecified atom stereocenters. The number of hydrogen-bond acceptors (Lipinski definition) is 10. The molecule has 0 saturated carbocycles. The van der Waals surface area contributed by atoms with Crippen LogP contribution in [0.25, 0.3) is 0 Å². The molecule has 11 nitrogen and oxygen atoms in total. The summed E-state index contributed by atoms with van der Waals surface area (Å²) in [6, 6.07) is 0. The fraction of sp³-hybridized carbons (Fsp3) is 0.714. The molecule has 0 rings (SSSR count). The van der Waals surface area contributed by atoms with E-state index in [1.165, 1.54) is 25.7 Å². The van der Waals surface area contributed by atoms with Crippen LogP contribution >= 0.6 is 7.82 Å². The zero-order chi connectivity index (χ0) is 39.8. The first-order valence-electron chi connectivity index (χ1n) is 20.4. The van der Waals surface area contributed by atoms with Crippen LogP contribution in [0.5, 0.6) is 0 Å². The Morgan fingerprint density at radius 2 is 1.04 bits per heavy atom. The van der Waals surface area contributed by atoms with Gasteiger partial charge in [-0.15, -0.1) is 0 Å². The van der Waals surface area contributed by atoms with E-state index in [0.29, 0.717) is 19.3 Å². The van der Waals surface area contributed by atoms with Crippen molar-refractivity contribution in [2.24, 2.45) is 0 Å². The van der Waals surface area contributed by atoms with Gasteiger partial charge in [-0.25, -0.2) is 4.57 Å². The third-order valence-corrected chi connectivity index (χ3v) is 9.15. The van der Waals surface area contributed by atoms with Crippen LogP contribution in [0.15, 0.2) is 60.8 Å². The molecule has 0 aliphatic carbocycles. The molecule has 3 atom stereocenters. The van der Waals surface area contributed by atoms with Gasteiger partial charge in [-0.2, -0.15) is 0 Å². The van der Waals surface area contributed by atoms with Crippen molar-refractivity contribution < 1.29 is 52.9 Å². The number of allylic oxidation sites excluding steroid dienone is 10. The molecule has 12 heteroatoms. The molecule has 54 heavy (non-hydrogen) atoms. The van der Waals surface area contributed by atoms with Crippen LogP contribution in [0.4, 0.5) is 0 Å². The monoisotopic (exact) mass is 784 g/mol. The number of carbonyl (C=O) groups excluding carboxylic acids is 2. The van der Waals surface area contributed by atoms with E-state index in [2.05, 4.69) is 60.1 Å². The lowest BCUT2D eigenvalue weighted by molar-refractivity contribution is -0.161. The first kappa shape index (κ1) is 51.6. The van der Waals surface area contributed by atoms with Crippen molar-refractivity contribution in [1.29, 1.82) is 0 Å². The van der Waals surface area contributed by atoms with E-state index >= 15 is 0 Å². The van der Waals surface area contributed by atoms with Crippen LogP contribution in [0.1, 0.15) is 148 Å². The van der Waals surface area contributed by atoms with Crippen molar-refractivity contribution in [2.45, 2.75) is 160 Å². The van der Waals surface area contributed by atoms with E-state index in [0.717, 1.165) is 83.5 Å². The molecule has 0 aromatic heterocycles. The van der Waals surface area contributed by atoms with Crippen LogP contribution in [-0.2, 0) is 32.7 Å². The molecule has 0 saturated heterocycles. The minimum absolute atomic E-state index is 0.0945. The smallest absolute Gasteiger partial charge is 0.462 e. The summed E-state index contributed by atoms with van der Waals surface area (Å²) in [6.07, 6.45) is 39.2. The van der Waals surface area contributed by atoms with E-state index < -0.39 is 51.8 Å². The Kier molecular flexibility index (Phi) is 37.2. The fourth-order valence-corrected chi connectivity index (χ4v) is 5.81. The molecule has 0 spiro atoms. The summed E-state index contributed by atoms with van der Waals surface area (Å²) in [5.74, 6) is -1.02. The molecule has 0 radical (unpaired) electrons. The number of rotatable bonds is 38. The third-order valence-electron chi connectivity index (χ3n) is 8.20. The van der Waals surface area contributed by atoms with Crippen LogP contribution in [0.2, 0.25) is 0 Å². The van der Waals surface area contributed by atoms with Gasteiger partial charge in [-0.3, -0.25) is 18.6 Å². The van der Waals surface area contributed by atoms with Crippen molar-refractivity contribution in [3.05, 3.63) is 60.8 Å². The third kappa shape index (κ3) is 37.9. The summed E-state index contributed by atoms with van der Waals surface area (Å²) in [4.78, 5) is 34.9. The first-order chi connectivity index (χ1) is 26.2. The number of aliphatic hydroxyl groups is 3. The highest BCUT2D eigenvalue weighted by Crippen LogP contribution is 2.43. The van der Waals surface area contributed by atoms with Crippen molar-refractivity contribution in [2.75, 3.05) is 33.0 Å². The zero-order valence-corrected chi connectivity index (χ0v) is 34.0. The van der Waals surface area contributed by atoms with Crippen molar-refractivity contribution in [1.82, 2.24) is 0 Å². The van der Waals surface area contributed by atoms with Gasteiger partial charge in [0.15, 0.2) is 6.10 Å². The Balaban J connectivity index is 4.45. The predicted molar refractivity (Wildman–Crippen MR) is 216 cm³/mol. The second-order valence-electron chi connectivity index (χ2n) is 13.4. The number of ether oxygens (including phenoxy) is 2. The molecule has 0 aromatic carbocycles. The van der Waals surface area contributed by atoms with E-state index in [-0.39, 0.29) is 26.1 Å². The van der Waals surface area contributed by atoms with E-state index in [9.17, 15) is 24.2 Å². The van der Waals surface area contributed by atoms with Gasteiger partial charge in [0.2, 0.25) is 0 Å². The van der Waals surface area contributed by atoms with Crippen molar-refractivity contribution >= 4 is 19.8 Å². The predicted octanol–water partition coefficient (Wildman–Crippen LogP) is 9.30. The lowest BCUT2D eigenvalue weighted by Gasteiger charge is -2.20. The number of carbonyl (C=O) groups is 2. The number of hydrogen-bond donors (Lipinski definition) is 4. The van der Waals surface area contributed by atoms with Crippen molar-refractivity contribution in [3.63, 3.8) is 0 Å². The largest absolute Gasteiger partial charge is 0.472 e. The number of unbranched alkanes of at least 4 members (excludes halogenated alkanes) is 13. The minimum atomic E-state index is -4.64. The normalized spacial score (nSPS) is 14.5. The second-order valence-corrected chi connectivity index (χ2v) is 14.8. The van der Waals surface area contributed by atoms with Crippen LogP contribution in [0, 0.1) is 0 Å². The molecule has 312 valence electrons. The second kappa shape index (κ2) is 38.9. The number of esters is 2. The Morgan fingerprint density at radius 1 is 0.574 bits per heavy atom. The molecule has 0 aliphatic heterocycles. The Hall–Kier alpha value is -2.37. The van der Waals surface area contributed by atoms with E-state index in [1.807, 2.05) is 12.2 Å². The van der Waals surface area contributed by atoms with Gasteiger partial charge in [0.25, 0.3) is 0 Å². The average Bonchev–Trinajstić information content (AvgIpc) is 3.16. The van der Waals surface area contributed by atoms with E-state index in [1.54, 1.807) is 0 Å². The maximum Gasteiger partial charge on any atom is 0.472 e. The SMILES string of the molecule is CCCCCC/C=C\CCCCCCCC(=O)OC[C@H](COP(=O)(O)OC[C@@H](O)CO)OC(=O)CCC/C=C\C/C=C\C/C=C\C/C=C\CCCCCO. The van der Waals surface area contributed by atoms with Gasteiger partial charge in [-0.05, 0) is 83.5 Å². The highest BCUT2D eigenvalue weighted by Gasteiger charge is 2.27. The van der Waals surface area contributed by atoms with E-state index in [4.69, 9.17) is 24.2 Å². The molecule has 0 bridgehead atoms. The lowest BCUT2D eigenvalue weighted by Crippen LogP contribution is -2.29. The van der Waals surface area contributed by atoms with Gasteiger partial charge < -0.3 is 29.7 Å². The van der Waals surface area contributed by atoms with Gasteiger partial charge in [0.1, 0.15) is 12.7 Å². The van der Waals surface area contributed by atoms with Gasteiger partial charge in [-0.1, -0.05) is 113 Å². The molecule has 0 amide bonds. The lowest BCUT2D eigenvalue weighted by atomic mass is 10.1. The molecule has 0 heterocycles. The zero-order valence-electron chi connectivity index (χ0n) is 33.1. The molecule has 0 aromatic rings. The summed E-state index contributed by atoms with van der Waals surface area (Å²) in [5.41, 5.74) is 0. The topological polar surface area (TPSA) is 169 Å². The quantitative estimate of drug-likeness (QED) is 0.0204. The summed E-state index contributed by atoms with van der Waals surface area (Å²) in [6.45, 7) is 0.271. The van der Waals surface area contributed by atoms with Gasteiger partial charge in [0, 0.05) is 19.4 Å². The molecular weight excluding hydrogens is 711 g/mol. The average molecular weight is 785 g/mol. The van der Waals surface area contributed by atoms with Crippen molar-refractivity contribution in [3.8, 4) is 0 Å². The summed E-state index contributed by atoms with van der Waals surface area (Å²) in [7, 11) is -4.64. The summed E-state index contributed by atoms with van der Waals surface area (Å²) in [5, 5.41) is 27.1. The molecular formula is C42H73O11P. The molecule has 0 aliphatic rings. The highest BCUT2D eigenvalue weighted by molar-refractivity contribution is 7.47. The van der Waals surface area contributed by atoms with Gasteiger partial charge in [0.05, 0.1) is 19.8 Å². The summed E-state index contributed by atoms with van der Waals surface area (Å²) >= 11 is 0. The summed E-state index contributed by atoms with van der Waals surface area (Å²) < 4.78 is 32.5. The molecule has 4 N–H and O–H groups in total. The van der Waals surface area contributed by atoms with Crippen LogP contribution < -0.4 is 0 Å². The number of aliphatic hydroxyl groups excluding tert-OH is 3. The van der Waals surface area contributed by atoms with Gasteiger partial charge >= 0.3 is 19.8 Å². The molecule has 0 fully saturated rings. The maximum atomic E-state index is 12.6. The Morgan fingerprint density at radius 3 is 1.61 bits per heavy atom. The minimum Gasteiger partial charge on any atom is -0.462 e.